The van der Waals surface area contributed by atoms with Gasteiger partial charge in [-0.3, -0.25) is 9.59 Å². The van der Waals surface area contributed by atoms with Crippen LogP contribution in [0.1, 0.15) is 6.42 Å². The summed E-state index contributed by atoms with van der Waals surface area (Å²) in [7, 11) is -2.17. The Morgan fingerprint density at radius 2 is 1.78 bits per heavy atom. The molecule has 2 aromatic carbocycles. The summed E-state index contributed by atoms with van der Waals surface area (Å²) in [6.07, 6.45) is -0.196. The van der Waals surface area contributed by atoms with Gasteiger partial charge in [-0.1, -0.05) is 24.3 Å². The molecule has 9 heteroatoms. The van der Waals surface area contributed by atoms with E-state index in [2.05, 4.69) is 10.0 Å². The number of anilines is 1. The second-order valence-electron chi connectivity index (χ2n) is 5.40. The molecule has 0 aromatic heterocycles. The number of rotatable bonds is 9. The lowest BCUT2D eigenvalue weighted by atomic mass is 10.3. The average molecular weight is 392 g/mol. The summed E-state index contributed by atoms with van der Waals surface area (Å²) in [6, 6.07) is 14.5. The molecule has 2 aromatic rings. The van der Waals surface area contributed by atoms with Gasteiger partial charge in [-0.2, -0.15) is 0 Å². The molecule has 0 heterocycles. The third-order valence-electron chi connectivity index (χ3n) is 3.39. The van der Waals surface area contributed by atoms with Gasteiger partial charge in [0.25, 0.3) is 5.91 Å². The SMILES string of the molecule is COc1cccc(NC(=O)COC(=O)CCNS(=O)(=O)c2ccccc2)c1. The van der Waals surface area contributed by atoms with Crippen molar-refractivity contribution in [3.8, 4) is 5.75 Å². The summed E-state index contributed by atoms with van der Waals surface area (Å²) >= 11 is 0. The quantitative estimate of drug-likeness (QED) is 0.627. The Kier molecular flexibility index (Phi) is 7.33. The predicted molar refractivity (Wildman–Crippen MR) is 98.8 cm³/mol. The smallest absolute Gasteiger partial charge is 0.307 e. The monoisotopic (exact) mass is 392 g/mol. The van der Waals surface area contributed by atoms with Crippen LogP contribution in [-0.2, 0) is 24.3 Å². The molecule has 0 saturated heterocycles. The Bertz CT molecular complexity index is 884. The molecule has 0 saturated carbocycles. The normalized spacial score (nSPS) is 10.9. The van der Waals surface area contributed by atoms with E-state index in [1.54, 1.807) is 42.5 Å². The summed E-state index contributed by atoms with van der Waals surface area (Å²) < 4.78 is 36.2. The number of hydrogen-bond donors (Lipinski definition) is 2. The van der Waals surface area contributed by atoms with Crippen LogP contribution in [-0.4, -0.2) is 40.6 Å². The van der Waals surface area contributed by atoms with Crippen molar-refractivity contribution >= 4 is 27.6 Å². The second-order valence-corrected chi connectivity index (χ2v) is 7.17. The zero-order valence-electron chi connectivity index (χ0n) is 14.7. The van der Waals surface area contributed by atoms with Gasteiger partial charge in [0.05, 0.1) is 18.4 Å². The van der Waals surface area contributed by atoms with Gasteiger partial charge in [0.15, 0.2) is 6.61 Å². The number of sulfonamides is 1. The van der Waals surface area contributed by atoms with Crippen LogP contribution < -0.4 is 14.8 Å². The highest BCUT2D eigenvalue weighted by Crippen LogP contribution is 2.16. The van der Waals surface area contributed by atoms with E-state index < -0.39 is 28.5 Å². The number of esters is 1. The van der Waals surface area contributed by atoms with Gasteiger partial charge >= 0.3 is 5.97 Å². The van der Waals surface area contributed by atoms with Crippen LogP contribution in [0.5, 0.6) is 5.75 Å². The summed E-state index contributed by atoms with van der Waals surface area (Å²) in [5.41, 5.74) is 0.506. The lowest BCUT2D eigenvalue weighted by molar-refractivity contribution is -0.147. The standard InChI is InChI=1S/C18H20N2O6S/c1-25-15-7-5-6-14(12-15)20-17(21)13-26-18(22)10-11-19-27(23,24)16-8-3-2-4-9-16/h2-9,12,19H,10-11,13H2,1H3,(H,20,21). The van der Waals surface area contributed by atoms with Crippen LogP contribution in [0.15, 0.2) is 59.5 Å². The number of benzene rings is 2. The fourth-order valence-electron chi connectivity index (χ4n) is 2.09. The molecule has 1 amide bonds. The van der Waals surface area contributed by atoms with Crippen LogP contribution in [0.3, 0.4) is 0 Å². The Hall–Kier alpha value is -2.91. The third-order valence-corrected chi connectivity index (χ3v) is 4.87. The maximum atomic E-state index is 12.0. The molecule has 0 radical (unpaired) electrons. The zero-order valence-corrected chi connectivity index (χ0v) is 15.5. The van der Waals surface area contributed by atoms with Gasteiger partial charge in [-0.15, -0.1) is 0 Å². The van der Waals surface area contributed by atoms with Crippen molar-refractivity contribution in [2.75, 3.05) is 25.6 Å². The molecule has 0 aliphatic rings. The lowest BCUT2D eigenvalue weighted by Gasteiger charge is -2.08. The van der Waals surface area contributed by atoms with E-state index in [-0.39, 0.29) is 17.9 Å². The maximum Gasteiger partial charge on any atom is 0.307 e. The number of carbonyl (C=O) groups excluding carboxylic acids is 2. The fraction of sp³-hybridized carbons (Fsp3) is 0.222. The molecule has 2 rings (SSSR count). The molecule has 0 aliphatic carbocycles. The van der Waals surface area contributed by atoms with Crippen molar-refractivity contribution in [3.63, 3.8) is 0 Å². The van der Waals surface area contributed by atoms with Crippen molar-refractivity contribution in [3.05, 3.63) is 54.6 Å². The predicted octanol–water partition coefficient (Wildman–Crippen LogP) is 1.55. The molecule has 144 valence electrons. The number of nitrogens with one attached hydrogen (secondary N) is 2. The third kappa shape index (κ3) is 6.72. The van der Waals surface area contributed by atoms with Crippen molar-refractivity contribution in [2.45, 2.75) is 11.3 Å². The average Bonchev–Trinajstić information content (AvgIpc) is 2.67. The second kappa shape index (κ2) is 9.70. The minimum Gasteiger partial charge on any atom is -0.497 e. The van der Waals surface area contributed by atoms with E-state index in [0.717, 1.165) is 0 Å². The van der Waals surface area contributed by atoms with E-state index in [1.807, 2.05) is 0 Å². The first-order valence-corrected chi connectivity index (χ1v) is 9.53. The Balaban J connectivity index is 1.72. The molecule has 8 nitrogen and oxygen atoms in total. The highest BCUT2D eigenvalue weighted by atomic mass is 32.2. The minimum absolute atomic E-state index is 0.107. The topological polar surface area (TPSA) is 111 Å². The van der Waals surface area contributed by atoms with E-state index in [4.69, 9.17) is 9.47 Å². The van der Waals surface area contributed by atoms with Crippen LogP contribution in [0.4, 0.5) is 5.69 Å². The summed E-state index contributed by atoms with van der Waals surface area (Å²) in [4.78, 5) is 23.6. The Morgan fingerprint density at radius 3 is 2.48 bits per heavy atom. The molecule has 0 spiro atoms. The van der Waals surface area contributed by atoms with Crippen molar-refractivity contribution in [2.24, 2.45) is 0 Å². The Labute approximate surface area is 157 Å². The van der Waals surface area contributed by atoms with E-state index in [0.29, 0.717) is 11.4 Å². The van der Waals surface area contributed by atoms with Gasteiger partial charge in [-0.05, 0) is 24.3 Å². The first kappa shape index (κ1) is 20.4. The Morgan fingerprint density at radius 1 is 1.04 bits per heavy atom. The highest BCUT2D eigenvalue weighted by molar-refractivity contribution is 7.89. The van der Waals surface area contributed by atoms with Gasteiger partial charge in [0, 0.05) is 18.3 Å². The van der Waals surface area contributed by atoms with Crippen molar-refractivity contribution < 1.29 is 27.5 Å². The molecule has 0 aliphatic heterocycles. The molecule has 0 atom stereocenters. The number of carbonyl (C=O) groups is 2. The van der Waals surface area contributed by atoms with Gasteiger partial charge < -0.3 is 14.8 Å². The summed E-state index contributed by atoms with van der Waals surface area (Å²) in [5, 5.41) is 2.57. The van der Waals surface area contributed by atoms with Crippen molar-refractivity contribution in [1.82, 2.24) is 4.72 Å². The first-order valence-electron chi connectivity index (χ1n) is 8.05. The molecule has 0 bridgehead atoms. The van der Waals surface area contributed by atoms with Crippen LogP contribution in [0, 0.1) is 0 Å². The van der Waals surface area contributed by atoms with Crippen molar-refractivity contribution in [1.29, 1.82) is 0 Å². The van der Waals surface area contributed by atoms with E-state index in [1.165, 1.54) is 19.2 Å². The fourth-order valence-corrected chi connectivity index (χ4v) is 3.14. The van der Waals surface area contributed by atoms with E-state index in [9.17, 15) is 18.0 Å². The maximum absolute atomic E-state index is 12.0. The highest BCUT2D eigenvalue weighted by Gasteiger charge is 2.14. The first-order chi connectivity index (χ1) is 12.9. The largest absolute Gasteiger partial charge is 0.497 e. The number of ether oxygens (including phenoxy) is 2. The van der Waals surface area contributed by atoms with Gasteiger partial charge in [-0.25, -0.2) is 13.1 Å². The van der Waals surface area contributed by atoms with E-state index >= 15 is 0 Å². The lowest BCUT2D eigenvalue weighted by Crippen LogP contribution is -2.27. The van der Waals surface area contributed by atoms with Crippen LogP contribution >= 0.6 is 0 Å². The summed E-state index contributed by atoms with van der Waals surface area (Å²) in [5.74, 6) is -0.622. The van der Waals surface area contributed by atoms with Crippen LogP contribution in [0.25, 0.3) is 0 Å². The van der Waals surface area contributed by atoms with Crippen LogP contribution in [0.2, 0.25) is 0 Å². The minimum atomic E-state index is -3.68. The molecular formula is C18H20N2O6S. The zero-order chi connectivity index (χ0) is 19.7. The van der Waals surface area contributed by atoms with Gasteiger partial charge in [0.1, 0.15) is 5.75 Å². The number of hydrogen-bond acceptors (Lipinski definition) is 6. The molecule has 0 fully saturated rings. The molecular weight excluding hydrogens is 372 g/mol. The number of amides is 1. The molecule has 27 heavy (non-hydrogen) atoms. The van der Waals surface area contributed by atoms with Gasteiger partial charge in [0.2, 0.25) is 10.0 Å². The molecule has 0 unspecified atom stereocenters. The number of methoxy groups -OCH3 is 1. The molecule has 2 N–H and O–H groups in total. The summed E-state index contributed by atoms with van der Waals surface area (Å²) in [6.45, 7) is -0.602.